The second kappa shape index (κ2) is 7.38. The van der Waals surface area contributed by atoms with Gasteiger partial charge < -0.3 is 15.7 Å². The fourth-order valence-corrected chi connectivity index (χ4v) is 2.55. The molecule has 0 saturated carbocycles. The molecule has 5 nitrogen and oxygen atoms in total. The third-order valence-electron chi connectivity index (χ3n) is 3.58. The third kappa shape index (κ3) is 3.41. The van der Waals surface area contributed by atoms with E-state index in [4.69, 9.17) is 5.73 Å². The van der Waals surface area contributed by atoms with E-state index in [0.717, 1.165) is 43.0 Å². The Morgan fingerprint density at radius 1 is 1.32 bits per heavy atom. The van der Waals surface area contributed by atoms with Crippen LogP contribution in [-0.2, 0) is 6.54 Å². The second-order valence-electron chi connectivity index (χ2n) is 4.93. The van der Waals surface area contributed by atoms with Crippen LogP contribution in [0.5, 0.6) is 0 Å². The van der Waals surface area contributed by atoms with Crippen molar-refractivity contribution < 1.29 is 5.11 Å². The highest BCUT2D eigenvalue weighted by atomic mass is 16.3. The lowest BCUT2D eigenvalue weighted by Crippen LogP contribution is -2.38. The number of nitrogen functional groups attached to an aromatic ring is 1. The molecular formula is C14H28N4O. The highest BCUT2D eigenvalue weighted by molar-refractivity contribution is 5.66. The van der Waals surface area contributed by atoms with Crippen molar-refractivity contribution in [2.45, 2.75) is 59.5 Å². The van der Waals surface area contributed by atoms with Gasteiger partial charge in [0.1, 0.15) is 0 Å². The van der Waals surface area contributed by atoms with E-state index < -0.39 is 0 Å². The van der Waals surface area contributed by atoms with Gasteiger partial charge in [-0.05, 0) is 26.2 Å². The normalized spacial score (nSPS) is 11.3. The molecule has 19 heavy (non-hydrogen) atoms. The molecule has 5 heteroatoms. The Morgan fingerprint density at radius 3 is 2.42 bits per heavy atom. The van der Waals surface area contributed by atoms with Crippen molar-refractivity contribution in [2.24, 2.45) is 0 Å². The zero-order chi connectivity index (χ0) is 14.4. The first kappa shape index (κ1) is 15.8. The number of aromatic nitrogens is 2. The van der Waals surface area contributed by atoms with Crippen LogP contribution in [-0.4, -0.2) is 34.1 Å². The SMILES string of the molecule is CCCn1nc(C)c(N)c1N(CCO)C(CC)CC. The van der Waals surface area contributed by atoms with Gasteiger partial charge in [-0.1, -0.05) is 20.8 Å². The van der Waals surface area contributed by atoms with Gasteiger partial charge in [-0.3, -0.25) is 0 Å². The first-order chi connectivity index (χ1) is 9.10. The smallest absolute Gasteiger partial charge is 0.150 e. The van der Waals surface area contributed by atoms with Crippen LogP contribution < -0.4 is 10.6 Å². The van der Waals surface area contributed by atoms with Crippen molar-refractivity contribution >= 4 is 11.5 Å². The van der Waals surface area contributed by atoms with E-state index >= 15 is 0 Å². The molecule has 1 rings (SSSR count). The maximum absolute atomic E-state index is 9.34. The minimum absolute atomic E-state index is 0.131. The van der Waals surface area contributed by atoms with Crippen LogP contribution >= 0.6 is 0 Å². The summed E-state index contributed by atoms with van der Waals surface area (Å²) in [6, 6.07) is 0.390. The number of aliphatic hydroxyl groups is 1. The standard InChI is InChI=1S/C14H28N4O/c1-5-8-18-14(13(15)11(4)16-18)17(9-10-19)12(6-2)7-3/h12,19H,5-10,15H2,1-4H3. The Morgan fingerprint density at radius 2 is 1.95 bits per heavy atom. The van der Waals surface area contributed by atoms with Crippen LogP contribution in [0.1, 0.15) is 45.7 Å². The number of aliphatic hydroxyl groups excluding tert-OH is 1. The molecule has 1 heterocycles. The van der Waals surface area contributed by atoms with Gasteiger partial charge in [0.15, 0.2) is 5.82 Å². The molecule has 0 radical (unpaired) electrons. The predicted octanol–water partition coefficient (Wildman–Crippen LogP) is 2.17. The predicted molar refractivity (Wildman–Crippen MR) is 80.5 cm³/mol. The van der Waals surface area contributed by atoms with E-state index in [2.05, 4.69) is 30.8 Å². The summed E-state index contributed by atoms with van der Waals surface area (Å²) in [5.74, 6) is 0.974. The van der Waals surface area contributed by atoms with E-state index in [0.29, 0.717) is 12.6 Å². The molecule has 1 aromatic rings. The zero-order valence-corrected chi connectivity index (χ0v) is 12.7. The van der Waals surface area contributed by atoms with Crippen molar-refractivity contribution in [3.8, 4) is 0 Å². The van der Waals surface area contributed by atoms with Crippen molar-refractivity contribution in [1.29, 1.82) is 0 Å². The number of rotatable bonds is 8. The molecule has 0 aliphatic heterocycles. The van der Waals surface area contributed by atoms with E-state index in [9.17, 15) is 5.11 Å². The number of aryl methyl sites for hydroxylation is 2. The molecule has 0 amide bonds. The first-order valence-corrected chi connectivity index (χ1v) is 7.30. The molecule has 0 fully saturated rings. The molecule has 0 spiro atoms. The van der Waals surface area contributed by atoms with Gasteiger partial charge in [0.25, 0.3) is 0 Å². The summed E-state index contributed by atoms with van der Waals surface area (Å²) in [4.78, 5) is 2.21. The molecule has 0 aromatic carbocycles. The molecular weight excluding hydrogens is 240 g/mol. The summed E-state index contributed by atoms with van der Waals surface area (Å²) in [6.07, 6.45) is 3.09. The van der Waals surface area contributed by atoms with Crippen LogP contribution in [0.25, 0.3) is 0 Å². The molecule has 0 aliphatic rings. The van der Waals surface area contributed by atoms with E-state index in [1.807, 2.05) is 11.6 Å². The van der Waals surface area contributed by atoms with Crippen molar-refractivity contribution in [3.05, 3.63) is 5.69 Å². The van der Waals surface area contributed by atoms with Gasteiger partial charge in [-0.15, -0.1) is 0 Å². The minimum Gasteiger partial charge on any atom is -0.395 e. The Balaban J connectivity index is 3.19. The quantitative estimate of drug-likeness (QED) is 0.758. The first-order valence-electron chi connectivity index (χ1n) is 7.30. The topological polar surface area (TPSA) is 67.3 Å². The monoisotopic (exact) mass is 268 g/mol. The summed E-state index contributed by atoms with van der Waals surface area (Å²) >= 11 is 0. The van der Waals surface area contributed by atoms with Gasteiger partial charge in [-0.25, -0.2) is 4.68 Å². The average molecular weight is 268 g/mol. The van der Waals surface area contributed by atoms with Crippen molar-refractivity contribution in [2.75, 3.05) is 23.8 Å². The molecule has 1 aromatic heterocycles. The zero-order valence-electron chi connectivity index (χ0n) is 12.7. The fourth-order valence-electron chi connectivity index (χ4n) is 2.55. The lowest BCUT2D eigenvalue weighted by atomic mass is 10.1. The van der Waals surface area contributed by atoms with E-state index in [1.165, 1.54) is 0 Å². The summed E-state index contributed by atoms with van der Waals surface area (Å²) in [6.45, 7) is 10.00. The van der Waals surface area contributed by atoms with Gasteiger partial charge >= 0.3 is 0 Å². The van der Waals surface area contributed by atoms with Crippen molar-refractivity contribution in [1.82, 2.24) is 9.78 Å². The average Bonchev–Trinajstić information content (AvgIpc) is 2.66. The van der Waals surface area contributed by atoms with Gasteiger partial charge in [0.05, 0.1) is 18.0 Å². The Labute approximate surface area is 116 Å². The molecule has 0 saturated heterocycles. The number of nitrogens with two attached hydrogens (primary N) is 1. The largest absolute Gasteiger partial charge is 0.395 e. The Kier molecular flexibility index (Phi) is 6.15. The van der Waals surface area contributed by atoms with E-state index in [-0.39, 0.29) is 6.61 Å². The van der Waals surface area contributed by atoms with Gasteiger partial charge in [0.2, 0.25) is 0 Å². The molecule has 0 bridgehead atoms. The van der Waals surface area contributed by atoms with Gasteiger partial charge in [0, 0.05) is 19.1 Å². The van der Waals surface area contributed by atoms with Crippen molar-refractivity contribution in [3.63, 3.8) is 0 Å². The van der Waals surface area contributed by atoms with Crippen LogP contribution in [0.3, 0.4) is 0 Å². The molecule has 0 unspecified atom stereocenters. The Bertz CT molecular complexity index is 385. The molecule has 0 aliphatic carbocycles. The third-order valence-corrected chi connectivity index (χ3v) is 3.58. The maximum Gasteiger partial charge on any atom is 0.150 e. The van der Waals surface area contributed by atoms with Crippen LogP contribution in [0.15, 0.2) is 0 Å². The highest BCUT2D eigenvalue weighted by Crippen LogP contribution is 2.29. The summed E-state index contributed by atoms with van der Waals surface area (Å²) < 4.78 is 1.98. The van der Waals surface area contributed by atoms with Crippen LogP contribution in [0.4, 0.5) is 11.5 Å². The lowest BCUT2D eigenvalue weighted by molar-refractivity contribution is 0.294. The maximum atomic E-state index is 9.34. The fraction of sp³-hybridized carbons (Fsp3) is 0.786. The molecule has 0 atom stereocenters. The minimum atomic E-state index is 0.131. The van der Waals surface area contributed by atoms with E-state index in [1.54, 1.807) is 0 Å². The number of anilines is 2. The molecule has 3 N–H and O–H groups in total. The van der Waals surface area contributed by atoms with Crippen LogP contribution in [0, 0.1) is 6.92 Å². The number of nitrogens with zero attached hydrogens (tertiary/aromatic N) is 3. The lowest BCUT2D eigenvalue weighted by Gasteiger charge is -2.32. The number of hydrogen-bond acceptors (Lipinski definition) is 4. The summed E-state index contributed by atoms with van der Waals surface area (Å²) in [7, 11) is 0. The Hall–Kier alpha value is -1.23. The summed E-state index contributed by atoms with van der Waals surface area (Å²) in [5.41, 5.74) is 7.82. The summed E-state index contributed by atoms with van der Waals surface area (Å²) in [5, 5.41) is 13.9. The second-order valence-corrected chi connectivity index (χ2v) is 4.93. The van der Waals surface area contributed by atoms with Gasteiger partial charge in [-0.2, -0.15) is 5.10 Å². The number of hydrogen-bond donors (Lipinski definition) is 2. The molecule has 110 valence electrons. The van der Waals surface area contributed by atoms with Crippen LogP contribution in [0.2, 0.25) is 0 Å². The highest BCUT2D eigenvalue weighted by Gasteiger charge is 2.23.